The van der Waals surface area contributed by atoms with Crippen molar-refractivity contribution in [2.45, 2.75) is 12.7 Å². The molecule has 1 aromatic heterocycles. The first kappa shape index (κ1) is 22.8. The molecule has 0 atom stereocenters. The lowest BCUT2D eigenvalue weighted by atomic mass is 10.2. The van der Waals surface area contributed by atoms with Crippen molar-refractivity contribution >= 4 is 11.9 Å². The third-order valence-corrected chi connectivity index (χ3v) is 3.62. The van der Waals surface area contributed by atoms with E-state index in [-0.39, 0.29) is 40.8 Å². The maximum atomic E-state index is 12.6. The Morgan fingerprint density at radius 3 is 2.37 bits per heavy atom. The molecule has 160 valence electrons. The zero-order chi connectivity index (χ0) is 22.1. The lowest BCUT2D eigenvalue weighted by Gasteiger charge is -2.21. The molecule has 0 aliphatic heterocycles. The highest BCUT2D eigenvalue weighted by Gasteiger charge is 2.43. The number of hydrogen-bond acceptors (Lipinski definition) is 6. The number of carbonyl (C=O) groups excluding carboxylic acids is 2. The summed E-state index contributed by atoms with van der Waals surface area (Å²) in [6.07, 6.45) is -3.59. The zero-order valence-electron chi connectivity index (χ0n) is 15.4. The van der Waals surface area contributed by atoms with Crippen LogP contribution in [0.4, 0.5) is 17.6 Å². The van der Waals surface area contributed by atoms with Gasteiger partial charge in [0, 0.05) is 23.9 Å². The minimum Gasteiger partial charge on any atom is -0.489 e. The Morgan fingerprint density at radius 2 is 1.83 bits per heavy atom. The smallest absolute Gasteiger partial charge is 0.489 e. The van der Waals surface area contributed by atoms with Crippen LogP contribution in [0.3, 0.4) is 0 Å². The van der Waals surface area contributed by atoms with Crippen molar-refractivity contribution in [3.05, 3.63) is 71.8 Å². The summed E-state index contributed by atoms with van der Waals surface area (Å²) in [5.74, 6) is -3.28. The van der Waals surface area contributed by atoms with Crippen molar-refractivity contribution < 1.29 is 36.7 Å². The van der Waals surface area contributed by atoms with Crippen molar-refractivity contribution in [2.24, 2.45) is 5.73 Å². The van der Waals surface area contributed by atoms with Crippen LogP contribution in [0.5, 0.6) is 5.75 Å². The van der Waals surface area contributed by atoms with Crippen molar-refractivity contribution in [3.63, 3.8) is 0 Å². The number of carbonyl (C=O) groups is 2. The number of benzene rings is 1. The molecule has 0 aliphatic rings. The highest BCUT2D eigenvalue weighted by molar-refractivity contribution is 5.94. The first-order valence-electron chi connectivity index (χ1n) is 8.46. The van der Waals surface area contributed by atoms with Crippen LogP contribution in [-0.2, 0) is 16.2 Å². The molecule has 0 fully saturated rings. The molecule has 1 heterocycles. The number of alkyl halides is 3. The standard InChI is InChI=1S/C19H17F4N3O4/c20-9-13(10-24)12-29-16-6-4-14(5-7-16)17(27)26(30-18(28)19(21,22)23)11-15-3-1-2-8-25-15/h1-9H,10-12,24H2/b13-9-. The lowest BCUT2D eigenvalue weighted by molar-refractivity contribution is -0.230. The molecule has 2 N–H and O–H groups in total. The number of halogens is 4. The Kier molecular flexibility index (Phi) is 7.87. The van der Waals surface area contributed by atoms with Crippen LogP contribution in [0.25, 0.3) is 0 Å². The second kappa shape index (κ2) is 10.3. The Balaban J connectivity index is 2.16. The van der Waals surface area contributed by atoms with Gasteiger partial charge in [0.2, 0.25) is 0 Å². The van der Waals surface area contributed by atoms with Crippen molar-refractivity contribution in [3.8, 4) is 5.75 Å². The minimum atomic E-state index is -5.29. The summed E-state index contributed by atoms with van der Waals surface area (Å²) in [5.41, 5.74) is 5.64. The first-order valence-corrected chi connectivity index (χ1v) is 8.46. The second-order valence-electron chi connectivity index (χ2n) is 5.82. The summed E-state index contributed by atoms with van der Waals surface area (Å²) in [7, 11) is 0. The van der Waals surface area contributed by atoms with Crippen molar-refractivity contribution in [1.82, 2.24) is 10.0 Å². The molecule has 11 heteroatoms. The molecular formula is C19H17F4N3O4. The van der Waals surface area contributed by atoms with E-state index in [9.17, 15) is 27.2 Å². The van der Waals surface area contributed by atoms with Gasteiger partial charge in [-0.2, -0.15) is 18.2 Å². The normalized spacial score (nSPS) is 11.7. The number of aromatic nitrogens is 1. The lowest BCUT2D eigenvalue weighted by Crippen LogP contribution is -2.38. The van der Waals surface area contributed by atoms with Crippen LogP contribution in [0, 0.1) is 0 Å². The van der Waals surface area contributed by atoms with E-state index in [1.807, 2.05) is 0 Å². The number of nitrogens with two attached hydrogens (primary N) is 1. The molecule has 7 nitrogen and oxygen atoms in total. The number of hydrogen-bond donors (Lipinski definition) is 1. The van der Waals surface area contributed by atoms with Gasteiger partial charge in [0.1, 0.15) is 18.9 Å². The van der Waals surface area contributed by atoms with E-state index in [0.29, 0.717) is 6.33 Å². The molecule has 1 aromatic carbocycles. The first-order chi connectivity index (χ1) is 14.2. The van der Waals surface area contributed by atoms with Crippen LogP contribution in [0.15, 0.2) is 60.6 Å². The monoisotopic (exact) mass is 427 g/mol. The molecule has 0 saturated carbocycles. The van der Waals surface area contributed by atoms with Crippen LogP contribution in [0.1, 0.15) is 16.1 Å². The summed E-state index contributed by atoms with van der Waals surface area (Å²) in [4.78, 5) is 32.0. The fourth-order valence-electron chi connectivity index (χ4n) is 2.08. The highest BCUT2D eigenvalue weighted by atomic mass is 19.4. The summed E-state index contributed by atoms with van der Waals surface area (Å²) < 4.78 is 55.6. The number of pyridine rings is 1. The highest BCUT2D eigenvalue weighted by Crippen LogP contribution is 2.20. The van der Waals surface area contributed by atoms with Crippen molar-refractivity contribution in [1.29, 1.82) is 0 Å². The molecule has 1 amide bonds. The fraction of sp³-hybridized carbons (Fsp3) is 0.211. The fourth-order valence-corrected chi connectivity index (χ4v) is 2.08. The van der Waals surface area contributed by atoms with E-state index < -0.39 is 24.6 Å². The molecule has 2 aromatic rings. The van der Waals surface area contributed by atoms with Crippen LogP contribution in [0.2, 0.25) is 0 Å². The molecule has 0 saturated heterocycles. The van der Waals surface area contributed by atoms with E-state index in [1.165, 1.54) is 36.5 Å². The van der Waals surface area contributed by atoms with Crippen LogP contribution >= 0.6 is 0 Å². The summed E-state index contributed by atoms with van der Waals surface area (Å²) in [5, 5.41) is 0.270. The summed E-state index contributed by atoms with van der Waals surface area (Å²) >= 11 is 0. The Hall–Kier alpha value is -3.47. The van der Waals surface area contributed by atoms with Gasteiger partial charge in [-0.3, -0.25) is 9.78 Å². The quantitative estimate of drug-likeness (QED) is 0.539. The molecule has 0 unspecified atom stereocenters. The predicted molar refractivity (Wildman–Crippen MR) is 96.4 cm³/mol. The van der Waals surface area contributed by atoms with Gasteiger partial charge in [-0.25, -0.2) is 9.18 Å². The Labute approximate surface area is 168 Å². The maximum Gasteiger partial charge on any atom is 0.493 e. The largest absolute Gasteiger partial charge is 0.493 e. The number of nitrogens with zero attached hydrogens (tertiary/aromatic N) is 2. The van der Waals surface area contributed by atoms with E-state index in [4.69, 9.17) is 10.5 Å². The van der Waals surface area contributed by atoms with Gasteiger partial charge in [0.25, 0.3) is 5.91 Å². The molecule has 2 rings (SSSR count). The summed E-state index contributed by atoms with van der Waals surface area (Å²) in [6.45, 7) is -0.656. The number of hydroxylamine groups is 2. The van der Waals surface area contributed by atoms with Gasteiger partial charge in [-0.15, -0.1) is 0 Å². The zero-order valence-corrected chi connectivity index (χ0v) is 15.4. The van der Waals surface area contributed by atoms with E-state index in [1.54, 1.807) is 12.1 Å². The van der Waals surface area contributed by atoms with E-state index >= 15 is 0 Å². The number of rotatable bonds is 7. The average Bonchev–Trinajstić information content (AvgIpc) is 2.74. The van der Waals surface area contributed by atoms with Gasteiger partial charge in [-0.05, 0) is 36.4 Å². The molecule has 0 aliphatic carbocycles. The van der Waals surface area contributed by atoms with Gasteiger partial charge < -0.3 is 15.3 Å². The van der Waals surface area contributed by atoms with Gasteiger partial charge in [0.15, 0.2) is 0 Å². The third-order valence-electron chi connectivity index (χ3n) is 3.62. The number of amides is 1. The van der Waals surface area contributed by atoms with Gasteiger partial charge in [-0.1, -0.05) is 6.07 Å². The van der Waals surface area contributed by atoms with Crippen molar-refractivity contribution in [2.75, 3.05) is 13.2 Å². The van der Waals surface area contributed by atoms with Crippen LogP contribution in [-0.4, -0.2) is 41.3 Å². The van der Waals surface area contributed by atoms with E-state index in [0.717, 1.165) is 0 Å². The Morgan fingerprint density at radius 1 is 1.13 bits per heavy atom. The molecule has 0 bridgehead atoms. The maximum absolute atomic E-state index is 12.6. The minimum absolute atomic E-state index is 0.0415. The molecule has 0 spiro atoms. The SMILES string of the molecule is NC/C(=C/F)COc1ccc(C(=O)N(Cc2ccccn2)OC(=O)C(F)(F)F)cc1. The molecule has 0 radical (unpaired) electrons. The number of ether oxygens (including phenoxy) is 1. The van der Waals surface area contributed by atoms with Gasteiger partial charge >= 0.3 is 12.1 Å². The molecular weight excluding hydrogens is 410 g/mol. The Bertz CT molecular complexity index is 887. The van der Waals surface area contributed by atoms with E-state index in [2.05, 4.69) is 9.82 Å². The van der Waals surface area contributed by atoms with Crippen LogP contribution < -0.4 is 10.5 Å². The summed E-state index contributed by atoms with van der Waals surface area (Å²) in [6, 6.07) is 9.80. The molecule has 30 heavy (non-hydrogen) atoms. The third kappa shape index (κ3) is 6.55. The van der Waals surface area contributed by atoms with Gasteiger partial charge in [0.05, 0.1) is 12.0 Å². The average molecular weight is 427 g/mol. The predicted octanol–water partition coefficient (Wildman–Crippen LogP) is 2.94. The second-order valence-corrected chi connectivity index (χ2v) is 5.82. The topological polar surface area (TPSA) is 94.8 Å².